The minimum atomic E-state index is 0.277. The molecular formula is C12H19N3O. The molecule has 1 aromatic rings. The molecule has 1 unspecified atom stereocenters. The number of aliphatic hydroxyl groups excluding tert-OH is 1. The van der Waals surface area contributed by atoms with Crippen LogP contribution in [0.15, 0.2) is 18.5 Å². The molecule has 4 nitrogen and oxygen atoms in total. The number of nitrogens with two attached hydrogens (primary N) is 1. The lowest BCUT2D eigenvalue weighted by Crippen LogP contribution is -2.29. The summed E-state index contributed by atoms with van der Waals surface area (Å²) in [4.78, 5) is 6.49. The highest BCUT2D eigenvalue weighted by atomic mass is 16.2. The molecular weight excluding hydrogens is 202 g/mol. The van der Waals surface area contributed by atoms with Crippen molar-refractivity contribution < 1.29 is 5.11 Å². The Balaban J connectivity index is 2.07. The van der Waals surface area contributed by atoms with E-state index in [9.17, 15) is 0 Å². The third-order valence-electron chi connectivity index (χ3n) is 3.15. The second-order valence-electron chi connectivity index (χ2n) is 4.33. The van der Waals surface area contributed by atoms with Gasteiger partial charge in [-0.15, -0.1) is 0 Å². The van der Waals surface area contributed by atoms with Gasteiger partial charge in [-0.3, -0.25) is 4.98 Å². The number of hydrogen-bond acceptors (Lipinski definition) is 4. The fraction of sp³-hybridized carbons (Fsp3) is 0.583. The maximum Gasteiger partial charge on any atom is 0.0575 e. The van der Waals surface area contributed by atoms with Crippen LogP contribution in [0.4, 0.5) is 11.4 Å². The molecule has 1 aromatic heterocycles. The summed E-state index contributed by atoms with van der Waals surface area (Å²) in [6, 6.07) is 2.51. The van der Waals surface area contributed by atoms with Gasteiger partial charge in [0.05, 0.1) is 17.6 Å². The van der Waals surface area contributed by atoms with Gasteiger partial charge in [0.2, 0.25) is 0 Å². The molecule has 1 fully saturated rings. The van der Waals surface area contributed by atoms with E-state index >= 15 is 0 Å². The zero-order valence-corrected chi connectivity index (χ0v) is 9.47. The van der Waals surface area contributed by atoms with Crippen LogP contribution in [-0.2, 0) is 0 Å². The van der Waals surface area contributed by atoms with E-state index in [0.717, 1.165) is 25.1 Å². The summed E-state index contributed by atoms with van der Waals surface area (Å²) in [5.74, 6) is 0. The van der Waals surface area contributed by atoms with Crippen LogP contribution in [0.1, 0.15) is 25.7 Å². The van der Waals surface area contributed by atoms with Crippen molar-refractivity contribution in [1.29, 1.82) is 0 Å². The SMILES string of the molecule is Nc1cncc(N2CCCC2CCCO)c1. The van der Waals surface area contributed by atoms with Crippen molar-refractivity contribution in [3.63, 3.8) is 0 Å². The van der Waals surface area contributed by atoms with Crippen LogP contribution >= 0.6 is 0 Å². The Morgan fingerprint density at radius 3 is 3.12 bits per heavy atom. The fourth-order valence-corrected chi connectivity index (χ4v) is 2.40. The molecule has 0 bridgehead atoms. The number of nitrogens with zero attached hydrogens (tertiary/aromatic N) is 2. The van der Waals surface area contributed by atoms with E-state index in [1.807, 2.05) is 12.3 Å². The zero-order valence-electron chi connectivity index (χ0n) is 9.47. The Hall–Kier alpha value is -1.29. The van der Waals surface area contributed by atoms with Gasteiger partial charge in [-0.2, -0.15) is 0 Å². The molecule has 1 atom stereocenters. The van der Waals surface area contributed by atoms with Gasteiger partial charge >= 0.3 is 0 Å². The molecule has 0 amide bonds. The van der Waals surface area contributed by atoms with Gasteiger partial charge in [-0.05, 0) is 31.7 Å². The Morgan fingerprint density at radius 1 is 1.50 bits per heavy atom. The van der Waals surface area contributed by atoms with Crippen molar-refractivity contribution in [2.45, 2.75) is 31.7 Å². The standard InChI is InChI=1S/C12H19N3O/c13-10-7-12(9-14-8-10)15-5-1-3-11(15)4-2-6-16/h7-9,11,16H,1-6,13H2. The molecule has 0 aliphatic carbocycles. The van der Waals surface area contributed by atoms with Crippen molar-refractivity contribution in [2.75, 3.05) is 23.8 Å². The second-order valence-corrected chi connectivity index (χ2v) is 4.33. The third kappa shape index (κ3) is 2.44. The van der Waals surface area contributed by atoms with Crippen molar-refractivity contribution in [1.82, 2.24) is 4.98 Å². The Kier molecular flexibility index (Phi) is 3.62. The quantitative estimate of drug-likeness (QED) is 0.807. The minimum absolute atomic E-state index is 0.277. The number of pyridine rings is 1. The van der Waals surface area contributed by atoms with Gasteiger partial charge in [0, 0.05) is 25.4 Å². The van der Waals surface area contributed by atoms with Gasteiger partial charge in [-0.25, -0.2) is 0 Å². The first-order chi connectivity index (χ1) is 7.81. The third-order valence-corrected chi connectivity index (χ3v) is 3.15. The van der Waals surface area contributed by atoms with Gasteiger partial charge in [0.1, 0.15) is 0 Å². The summed E-state index contributed by atoms with van der Waals surface area (Å²) >= 11 is 0. The van der Waals surface area contributed by atoms with E-state index in [0.29, 0.717) is 11.7 Å². The predicted molar refractivity (Wildman–Crippen MR) is 65.3 cm³/mol. The fourth-order valence-electron chi connectivity index (χ4n) is 2.40. The molecule has 1 saturated heterocycles. The summed E-state index contributed by atoms with van der Waals surface area (Å²) in [6.07, 6.45) is 7.87. The molecule has 1 aliphatic heterocycles. The van der Waals surface area contributed by atoms with Gasteiger partial charge in [0.15, 0.2) is 0 Å². The van der Waals surface area contributed by atoms with Crippen LogP contribution in [0.5, 0.6) is 0 Å². The molecule has 2 rings (SSSR count). The first-order valence-electron chi connectivity index (χ1n) is 5.89. The lowest BCUT2D eigenvalue weighted by atomic mass is 10.1. The molecule has 16 heavy (non-hydrogen) atoms. The molecule has 2 heterocycles. The molecule has 0 aromatic carbocycles. The maximum atomic E-state index is 8.88. The number of rotatable bonds is 4. The molecule has 4 heteroatoms. The normalized spacial score (nSPS) is 20.3. The molecule has 88 valence electrons. The van der Waals surface area contributed by atoms with E-state index in [1.165, 1.54) is 12.8 Å². The second kappa shape index (κ2) is 5.16. The maximum absolute atomic E-state index is 8.88. The summed E-state index contributed by atoms with van der Waals surface area (Å²) in [5.41, 5.74) is 7.57. The Morgan fingerprint density at radius 2 is 2.38 bits per heavy atom. The summed E-state index contributed by atoms with van der Waals surface area (Å²) in [5, 5.41) is 8.88. The van der Waals surface area contributed by atoms with Crippen LogP contribution in [0.25, 0.3) is 0 Å². The van der Waals surface area contributed by atoms with E-state index < -0.39 is 0 Å². The van der Waals surface area contributed by atoms with Crippen molar-refractivity contribution in [3.8, 4) is 0 Å². The highest BCUT2D eigenvalue weighted by Crippen LogP contribution is 2.28. The van der Waals surface area contributed by atoms with Crippen molar-refractivity contribution >= 4 is 11.4 Å². The van der Waals surface area contributed by atoms with Crippen LogP contribution in [0.2, 0.25) is 0 Å². The molecule has 0 spiro atoms. The van der Waals surface area contributed by atoms with E-state index in [-0.39, 0.29) is 6.61 Å². The predicted octanol–water partition coefficient (Wildman–Crippen LogP) is 1.41. The monoisotopic (exact) mass is 221 g/mol. The lowest BCUT2D eigenvalue weighted by molar-refractivity contribution is 0.279. The number of aliphatic hydroxyl groups is 1. The van der Waals surface area contributed by atoms with Crippen molar-refractivity contribution in [2.24, 2.45) is 0 Å². The average Bonchev–Trinajstić information content (AvgIpc) is 2.74. The van der Waals surface area contributed by atoms with Crippen LogP contribution in [0, 0.1) is 0 Å². The van der Waals surface area contributed by atoms with E-state index in [1.54, 1.807) is 6.20 Å². The largest absolute Gasteiger partial charge is 0.397 e. The molecule has 1 aliphatic rings. The number of aromatic nitrogens is 1. The van der Waals surface area contributed by atoms with Crippen LogP contribution in [-0.4, -0.2) is 29.3 Å². The Bertz CT molecular complexity index is 343. The molecule has 0 saturated carbocycles. The minimum Gasteiger partial charge on any atom is -0.397 e. The highest BCUT2D eigenvalue weighted by Gasteiger charge is 2.24. The van der Waals surface area contributed by atoms with Crippen LogP contribution in [0.3, 0.4) is 0 Å². The van der Waals surface area contributed by atoms with E-state index in [2.05, 4.69) is 9.88 Å². The van der Waals surface area contributed by atoms with Crippen LogP contribution < -0.4 is 10.6 Å². The number of nitrogen functional groups attached to an aromatic ring is 1. The van der Waals surface area contributed by atoms with E-state index in [4.69, 9.17) is 10.8 Å². The summed E-state index contributed by atoms with van der Waals surface area (Å²) < 4.78 is 0. The van der Waals surface area contributed by atoms with Gasteiger partial charge < -0.3 is 15.7 Å². The first kappa shape index (κ1) is 11.2. The highest BCUT2D eigenvalue weighted by molar-refractivity contribution is 5.54. The average molecular weight is 221 g/mol. The molecule has 0 radical (unpaired) electrons. The Labute approximate surface area is 96.1 Å². The lowest BCUT2D eigenvalue weighted by Gasteiger charge is -2.26. The van der Waals surface area contributed by atoms with Crippen molar-refractivity contribution in [3.05, 3.63) is 18.5 Å². The summed E-state index contributed by atoms with van der Waals surface area (Å²) in [7, 11) is 0. The van der Waals surface area contributed by atoms with Gasteiger partial charge in [0.25, 0.3) is 0 Å². The zero-order chi connectivity index (χ0) is 11.4. The smallest absolute Gasteiger partial charge is 0.0575 e. The summed E-state index contributed by atoms with van der Waals surface area (Å²) in [6.45, 7) is 1.35. The number of anilines is 2. The molecule has 3 N–H and O–H groups in total. The topological polar surface area (TPSA) is 62.4 Å². The number of hydrogen-bond donors (Lipinski definition) is 2. The van der Waals surface area contributed by atoms with Gasteiger partial charge in [-0.1, -0.05) is 0 Å². The first-order valence-corrected chi connectivity index (χ1v) is 5.89.